The summed E-state index contributed by atoms with van der Waals surface area (Å²) in [6.07, 6.45) is 1.07. The van der Waals surface area contributed by atoms with Crippen molar-refractivity contribution >= 4 is 5.91 Å². The van der Waals surface area contributed by atoms with Gasteiger partial charge in [-0.2, -0.15) is 0 Å². The molecule has 0 aliphatic carbocycles. The molecule has 0 unspecified atom stereocenters. The van der Waals surface area contributed by atoms with Crippen molar-refractivity contribution in [3.05, 3.63) is 59.4 Å². The second-order valence-corrected chi connectivity index (χ2v) is 7.02. The molecule has 0 radical (unpaired) electrons. The minimum absolute atomic E-state index is 0.0476. The quantitative estimate of drug-likeness (QED) is 0.916. The number of aromatic nitrogens is 1. The lowest BCUT2D eigenvalue weighted by Gasteiger charge is -2.19. The van der Waals surface area contributed by atoms with Gasteiger partial charge in [-0.15, -0.1) is 0 Å². The van der Waals surface area contributed by atoms with E-state index in [1.165, 1.54) is 11.3 Å². The van der Waals surface area contributed by atoms with Crippen molar-refractivity contribution < 1.29 is 4.79 Å². The molecular weight excluding hydrogens is 298 g/mol. The van der Waals surface area contributed by atoms with Gasteiger partial charge in [0.25, 0.3) is 5.91 Å². The molecule has 2 heterocycles. The van der Waals surface area contributed by atoms with E-state index in [1.54, 1.807) is 0 Å². The van der Waals surface area contributed by atoms with Crippen LogP contribution in [-0.2, 0) is 19.6 Å². The van der Waals surface area contributed by atoms with Crippen molar-refractivity contribution in [3.8, 4) is 0 Å². The second kappa shape index (κ2) is 7.67. The van der Waals surface area contributed by atoms with Crippen LogP contribution in [0.3, 0.4) is 0 Å². The van der Waals surface area contributed by atoms with Crippen molar-refractivity contribution in [1.82, 2.24) is 14.8 Å². The predicted octanol–water partition coefficient (Wildman–Crippen LogP) is 3.28. The molecule has 2 aromatic rings. The first-order valence-electron chi connectivity index (χ1n) is 8.86. The maximum atomic E-state index is 12.4. The number of carbonyl (C=O) groups is 1. The summed E-state index contributed by atoms with van der Waals surface area (Å²) >= 11 is 0. The van der Waals surface area contributed by atoms with E-state index in [0.717, 1.165) is 44.8 Å². The number of fused-ring (bicyclic) bond motifs is 1. The van der Waals surface area contributed by atoms with Crippen LogP contribution in [0.1, 0.15) is 42.0 Å². The molecule has 24 heavy (non-hydrogen) atoms. The van der Waals surface area contributed by atoms with Crippen LogP contribution in [0.15, 0.2) is 42.5 Å². The fourth-order valence-corrected chi connectivity index (χ4v) is 3.23. The molecule has 0 spiro atoms. The Morgan fingerprint density at radius 3 is 2.67 bits per heavy atom. The Labute approximate surface area is 144 Å². The summed E-state index contributed by atoms with van der Waals surface area (Å²) in [4.78, 5) is 14.9. The van der Waals surface area contributed by atoms with Gasteiger partial charge in [0, 0.05) is 38.4 Å². The van der Waals surface area contributed by atoms with Crippen molar-refractivity contribution in [2.24, 2.45) is 5.92 Å². The summed E-state index contributed by atoms with van der Waals surface area (Å²) in [5.74, 6) is 0.514. The highest BCUT2D eigenvalue weighted by Gasteiger charge is 2.20. The number of benzene rings is 1. The Bertz CT molecular complexity index is 675. The summed E-state index contributed by atoms with van der Waals surface area (Å²) in [6, 6.07) is 14.7. The van der Waals surface area contributed by atoms with Crippen molar-refractivity contribution in [2.45, 2.75) is 39.9 Å². The normalized spacial score (nSPS) is 15.1. The Hall–Kier alpha value is -2.07. The molecule has 1 aliphatic rings. The summed E-state index contributed by atoms with van der Waals surface area (Å²) in [5.41, 5.74) is 3.37. The lowest BCUT2D eigenvalue weighted by molar-refractivity contribution is 0.0939. The van der Waals surface area contributed by atoms with Gasteiger partial charge in [0.2, 0.25) is 0 Å². The largest absolute Gasteiger partial charge is 0.351 e. The fraction of sp³-hybridized carbons (Fsp3) is 0.450. The Kier molecular flexibility index (Phi) is 5.36. The van der Waals surface area contributed by atoms with Gasteiger partial charge in [-0.05, 0) is 30.0 Å². The van der Waals surface area contributed by atoms with Crippen LogP contribution < -0.4 is 5.32 Å². The summed E-state index contributed by atoms with van der Waals surface area (Å²) in [5, 5.41) is 3.03. The van der Waals surface area contributed by atoms with E-state index in [0.29, 0.717) is 5.92 Å². The van der Waals surface area contributed by atoms with Crippen molar-refractivity contribution in [1.29, 1.82) is 0 Å². The number of nitrogens with zero attached hydrogens (tertiary/aromatic N) is 2. The maximum Gasteiger partial charge on any atom is 0.267 e. The number of nitrogens with one attached hydrogen (secondary N) is 1. The highest BCUT2D eigenvalue weighted by Crippen LogP contribution is 2.19. The topological polar surface area (TPSA) is 37.3 Å². The van der Waals surface area contributed by atoms with E-state index in [4.69, 9.17) is 0 Å². The summed E-state index contributed by atoms with van der Waals surface area (Å²) < 4.78 is 2.20. The minimum Gasteiger partial charge on any atom is -0.351 e. The van der Waals surface area contributed by atoms with Crippen LogP contribution in [0, 0.1) is 5.92 Å². The molecule has 0 atom stereocenters. The third-order valence-corrected chi connectivity index (χ3v) is 4.47. The molecule has 1 aromatic carbocycles. The molecular formula is C20H27N3O. The highest BCUT2D eigenvalue weighted by atomic mass is 16.1. The zero-order chi connectivity index (χ0) is 16.9. The van der Waals surface area contributed by atoms with Gasteiger partial charge in [-0.1, -0.05) is 44.2 Å². The Morgan fingerprint density at radius 2 is 1.92 bits per heavy atom. The molecule has 0 saturated heterocycles. The first-order chi connectivity index (χ1) is 11.6. The third-order valence-electron chi connectivity index (χ3n) is 4.47. The molecule has 3 rings (SSSR count). The number of hydrogen-bond acceptors (Lipinski definition) is 2. The van der Waals surface area contributed by atoms with Gasteiger partial charge < -0.3 is 9.88 Å². The molecule has 4 heteroatoms. The Morgan fingerprint density at radius 1 is 1.12 bits per heavy atom. The number of amides is 1. The van der Waals surface area contributed by atoms with Crippen LogP contribution in [0.5, 0.6) is 0 Å². The van der Waals surface area contributed by atoms with Gasteiger partial charge in [0.15, 0.2) is 0 Å². The number of hydrogen-bond donors (Lipinski definition) is 1. The molecule has 4 nitrogen and oxygen atoms in total. The lowest BCUT2D eigenvalue weighted by Crippen LogP contribution is -2.29. The molecule has 1 aromatic heterocycles. The third kappa shape index (κ3) is 4.06. The van der Waals surface area contributed by atoms with Crippen molar-refractivity contribution in [3.63, 3.8) is 0 Å². The highest BCUT2D eigenvalue weighted by molar-refractivity contribution is 5.92. The first kappa shape index (κ1) is 16.8. The van der Waals surface area contributed by atoms with Crippen molar-refractivity contribution in [2.75, 3.05) is 13.1 Å². The van der Waals surface area contributed by atoms with Gasteiger partial charge in [0.05, 0.1) is 0 Å². The van der Waals surface area contributed by atoms with Crippen LogP contribution >= 0.6 is 0 Å². The van der Waals surface area contributed by atoms with Gasteiger partial charge >= 0.3 is 0 Å². The van der Waals surface area contributed by atoms with Crippen LogP contribution in [0.4, 0.5) is 0 Å². The molecule has 1 aliphatic heterocycles. The molecule has 0 fully saturated rings. The fourth-order valence-electron chi connectivity index (χ4n) is 3.23. The lowest BCUT2D eigenvalue weighted by atomic mass is 10.2. The summed E-state index contributed by atoms with van der Waals surface area (Å²) in [7, 11) is 0. The Balaban J connectivity index is 1.70. The van der Waals surface area contributed by atoms with E-state index >= 15 is 0 Å². The smallest absolute Gasteiger partial charge is 0.267 e. The molecule has 0 bridgehead atoms. The zero-order valence-electron chi connectivity index (χ0n) is 14.7. The first-order valence-corrected chi connectivity index (χ1v) is 8.86. The monoisotopic (exact) mass is 325 g/mol. The maximum absolute atomic E-state index is 12.4. The average molecular weight is 325 g/mol. The van der Waals surface area contributed by atoms with E-state index in [2.05, 4.69) is 65.0 Å². The van der Waals surface area contributed by atoms with Gasteiger partial charge in [-0.3, -0.25) is 9.69 Å². The van der Waals surface area contributed by atoms with Gasteiger partial charge in [-0.25, -0.2) is 0 Å². The summed E-state index contributed by atoms with van der Waals surface area (Å²) in [6.45, 7) is 8.77. The number of rotatable bonds is 5. The molecule has 1 amide bonds. The van der Waals surface area contributed by atoms with E-state index in [1.807, 2.05) is 6.07 Å². The standard InChI is InChI=1S/C20H27N3O/c1-16(2)13-21-20(24)19-10-9-18-15-22(11-6-12-23(18)19)14-17-7-4-3-5-8-17/h3-5,7-10,16H,6,11-15H2,1-2H3,(H,21,24). The second-order valence-electron chi connectivity index (χ2n) is 7.02. The van der Waals surface area contributed by atoms with Crippen LogP contribution in [0.25, 0.3) is 0 Å². The zero-order valence-corrected chi connectivity index (χ0v) is 14.7. The minimum atomic E-state index is 0.0476. The van der Waals surface area contributed by atoms with Gasteiger partial charge in [0.1, 0.15) is 5.69 Å². The molecule has 128 valence electrons. The average Bonchev–Trinajstić information content (AvgIpc) is 2.86. The predicted molar refractivity (Wildman–Crippen MR) is 96.8 cm³/mol. The van der Waals surface area contributed by atoms with Crippen LogP contribution in [-0.4, -0.2) is 28.5 Å². The van der Waals surface area contributed by atoms with E-state index in [-0.39, 0.29) is 5.91 Å². The SMILES string of the molecule is CC(C)CNC(=O)c1ccc2n1CCCN(Cc1ccccc1)C2. The molecule has 1 N–H and O–H groups in total. The molecule has 0 saturated carbocycles. The van der Waals surface area contributed by atoms with E-state index in [9.17, 15) is 4.79 Å². The van der Waals surface area contributed by atoms with E-state index < -0.39 is 0 Å². The number of carbonyl (C=O) groups excluding carboxylic acids is 1. The van der Waals surface area contributed by atoms with Crippen LogP contribution in [0.2, 0.25) is 0 Å².